The molecule has 0 atom stereocenters. The number of carbonyl (C=O) groups is 1. The summed E-state index contributed by atoms with van der Waals surface area (Å²) in [5.74, 6) is 6.63. The summed E-state index contributed by atoms with van der Waals surface area (Å²) >= 11 is 0. The van der Waals surface area contributed by atoms with Gasteiger partial charge in [0.05, 0.1) is 6.54 Å². The molecule has 1 fully saturated rings. The second kappa shape index (κ2) is 7.72. The highest BCUT2D eigenvalue weighted by molar-refractivity contribution is 5.90. The van der Waals surface area contributed by atoms with Crippen molar-refractivity contribution in [3.63, 3.8) is 0 Å². The van der Waals surface area contributed by atoms with Crippen LogP contribution in [0.2, 0.25) is 0 Å². The van der Waals surface area contributed by atoms with Gasteiger partial charge >= 0.3 is 0 Å². The summed E-state index contributed by atoms with van der Waals surface area (Å²) in [6, 6.07) is 7.58. The van der Waals surface area contributed by atoms with Crippen LogP contribution in [0.15, 0.2) is 24.3 Å². The van der Waals surface area contributed by atoms with E-state index in [1.54, 1.807) is 0 Å². The number of benzene rings is 1. The molecule has 1 aromatic rings. The summed E-state index contributed by atoms with van der Waals surface area (Å²) in [5, 5.41) is 2.94. The van der Waals surface area contributed by atoms with Crippen molar-refractivity contribution in [1.82, 2.24) is 0 Å². The molecule has 3 N–H and O–H groups in total. The van der Waals surface area contributed by atoms with E-state index < -0.39 is 0 Å². The minimum Gasteiger partial charge on any atom is -0.326 e. The maximum Gasteiger partial charge on any atom is 0.224 e. The zero-order valence-corrected chi connectivity index (χ0v) is 11.8. The van der Waals surface area contributed by atoms with E-state index in [2.05, 4.69) is 17.2 Å². The molecule has 3 heteroatoms. The Morgan fingerprint density at radius 3 is 2.90 bits per heavy atom. The Labute approximate surface area is 120 Å². The minimum atomic E-state index is 0.0980. The zero-order valence-electron chi connectivity index (χ0n) is 11.8. The molecule has 0 saturated heterocycles. The molecular weight excluding hydrogens is 248 g/mol. The van der Waals surface area contributed by atoms with Gasteiger partial charge in [-0.2, -0.15) is 0 Å². The van der Waals surface area contributed by atoms with E-state index in [0.29, 0.717) is 13.0 Å². The molecule has 2 rings (SSSR count). The van der Waals surface area contributed by atoms with Crippen molar-refractivity contribution in [2.75, 3.05) is 11.9 Å². The summed E-state index contributed by atoms with van der Waals surface area (Å²) in [6.07, 6.45) is 6.86. The van der Waals surface area contributed by atoms with Crippen molar-refractivity contribution in [3.8, 4) is 11.8 Å². The fraction of sp³-hybridized carbons (Fsp3) is 0.471. The normalized spacial score (nSPS) is 14.7. The van der Waals surface area contributed by atoms with Gasteiger partial charge in [-0.3, -0.25) is 4.79 Å². The van der Waals surface area contributed by atoms with E-state index in [4.69, 9.17) is 5.73 Å². The molecule has 20 heavy (non-hydrogen) atoms. The van der Waals surface area contributed by atoms with Crippen LogP contribution < -0.4 is 11.1 Å². The Bertz CT molecular complexity index is 507. The first-order valence-corrected chi connectivity index (χ1v) is 7.37. The molecule has 3 nitrogen and oxygen atoms in total. The highest BCUT2D eigenvalue weighted by Gasteiger charge is 2.16. The molecule has 0 radical (unpaired) electrons. The van der Waals surface area contributed by atoms with Crippen LogP contribution in [0.1, 0.15) is 44.1 Å². The maximum absolute atomic E-state index is 11.9. The van der Waals surface area contributed by atoms with Gasteiger partial charge in [-0.25, -0.2) is 0 Å². The number of carbonyl (C=O) groups excluding carboxylic acids is 1. The van der Waals surface area contributed by atoms with E-state index in [-0.39, 0.29) is 5.91 Å². The van der Waals surface area contributed by atoms with Crippen molar-refractivity contribution < 1.29 is 4.79 Å². The van der Waals surface area contributed by atoms with Gasteiger partial charge in [0.2, 0.25) is 5.91 Å². The van der Waals surface area contributed by atoms with E-state index in [9.17, 15) is 4.79 Å². The SMILES string of the molecule is NCC#Cc1cccc(NC(=O)CCC2CCCC2)c1. The first-order chi connectivity index (χ1) is 9.78. The van der Waals surface area contributed by atoms with E-state index in [0.717, 1.165) is 23.6 Å². The molecule has 1 amide bonds. The quantitative estimate of drug-likeness (QED) is 0.827. The molecule has 1 aliphatic carbocycles. The number of rotatable bonds is 4. The highest BCUT2D eigenvalue weighted by atomic mass is 16.1. The first kappa shape index (κ1) is 14.6. The van der Waals surface area contributed by atoms with Crippen LogP contribution in [0.3, 0.4) is 0 Å². The topological polar surface area (TPSA) is 55.1 Å². The van der Waals surface area contributed by atoms with Gasteiger partial charge in [0.15, 0.2) is 0 Å². The number of anilines is 1. The number of nitrogens with two attached hydrogens (primary N) is 1. The predicted octanol–water partition coefficient (Wildman–Crippen LogP) is 2.91. The molecule has 0 unspecified atom stereocenters. The third kappa shape index (κ3) is 4.71. The van der Waals surface area contributed by atoms with Crippen LogP contribution in [0.4, 0.5) is 5.69 Å². The van der Waals surface area contributed by atoms with E-state index in [1.165, 1.54) is 25.7 Å². The van der Waals surface area contributed by atoms with Gasteiger partial charge in [-0.1, -0.05) is 43.6 Å². The van der Waals surface area contributed by atoms with Gasteiger partial charge in [0.25, 0.3) is 0 Å². The summed E-state index contributed by atoms with van der Waals surface area (Å²) in [4.78, 5) is 11.9. The van der Waals surface area contributed by atoms with Crippen LogP contribution >= 0.6 is 0 Å². The number of nitrogens with one attached hydrogen (secondary N) is 1. The lowest BCUT2D eigenvalue weighted by Gasteiger charge is -2.09. The fourth-order valence-electron chi connectivity index (χ4n) is 2.69. The molecule has 1 aliphatic rings. The Kier molecular flexibility index (Phi) is 5.64. The van der Waals surface area contributed by atoms with Crippen LogP contribution in [0, 0.1) is 17.8 Å². The Balaban J connectivity index is 1.83. The zero-order chi connectivity index (χ0) is 14.2. The molecule has 0 aliphatic heterocycles. The van der Waals surface area contributed by atoms with Gasteiger partial charge in [0.1, 0.15) is 0 Å². The van der Waals surface area contributed by atoms with Gasteiger partial charge in [-0.15, -0.1) is 0 Å². The minimum absolute atomic E-state index is 0.0980. The van der Waals surface area contributed by atoms with Crippen molar-refractivity contribution in [2.24, 2.45) is 11.7 Å². The lowest BCUT2D eigenvalue weighted by molar-refractivity contribution is -0.116. The maximum atomic E-state index is 11.9. The number of hydrogen-bond donors (Lipinski definition) is 2. The standard InChI is InChI=1S/C17H22N2O/c18-12-4-8-15-7-3-9-16(13-15)19-17(20)11-10-14-5-1-2-6-14/h3,7,9,13-14H,1-2,5-6,10-12,18H2,(H,19,20). The third-order valence-electron chi connectivity index (χ3n) is 3.74. The lowest BCUT2D eigenvalue weighted by Crippen LogP contribution is -2.12. The monoisotopic (exact) mass is 270 g/mol. The molecule has 0 spiro atoms. The fourth-order valence-corrected chi connectivity index (χ4v) is 2.69. The van der Waals surface area contributed by atoms with Gasteiger partial charge in [-0.05, 0) is 30.5 Å². The largest absolute Gasteiger partial charge is 0.326 e. The van der Waals surface area contributed by atoms with Crippen LogP contribution in [0.5, 0.6) is 0 Å². The predicted molar refractivity (Wildman–Crippen MR) is 82.2 cm³/mol. The second-order valence-corrected chi connectivity index (χ2v) is 5.32. The van der Waals surface area contributed by atoms with Crippen LogP contribution in [-0.2, 0) is 4.79 Å². The molecule has 0 aromatic heterocycles. The van der Waals surface area contributed by atoms with Crippen LogP contribution in [-0.4, -0.2) is 12.5 Å². The molecule has 1 saturated carbocycles. The van der Waals surface area contributed by atoms with Crippen molar-refractivity contribution >= 4 is 11.6 Å². The molecular formula is C17H22N2O. The average molecular weight is 270 g/mol. The summed E-state index contributed by atoms with van der Waals surface area (Å²) in [5.41, 5.74) is 7.04. The summed E-state index contributed by atoms with van der Waals surface area (Å²) in [6.45, 7) is 0.345. The molecule has 106 valence electrons. The van der Waals surface area contributed by atoms with Crippen molar-refractivity contribution in [3.05, 3.63) is 29.8 Å². The summed E-state index contributed by atoms with van der Waals surface area (Å²) < 4.78 is 0. The van der Waals surface area contributed by atoms with Gasteiger partial charge < -0.3 is 11.1 Å². The number of hydrogen-bond acceptors (Lipinski definition) is 2. The Hall–Kier alpha value is -1.79. The van der Waals surface area contributed by atoms with E-state index >= 15 is 0 Å². The highest BCUT2D eigenvalue weighted by Crippen LogP contribution is 2.28. The first-order valence-electron chi connectivity index (χ1n) is 7.37. The third-order valence-corrected chi connectivity index (χ3v) is 3.74. The second-order valence-electron chi connectivity index (χ2n) is 5.32. The summed E-state index contributed by atoms with van der Waals surface area (Å²) in [7, 11) is 0. The molecule has 0 heterocycles. The smallest absolute Gasteiger partial charge is 0.224 e. The lowest BCUT2D eigenvalue weighted by atomic mass is 10.0. The van der Waals surface area contributed by atoms with Crippen molar-refractivity contribution in [1.29, 1.82) is 0 Å². The Morgan fingerprint density at radius 1 is 1.35 bits per heavy atom. The number of amides is 1. The van der Waals surface area contributed by atoms with Crippen molar-refractivity contribution in [2.45, 2.75) is 38.5 Å². The average Bonchev–Trinajstić information content (AvgIpc) is 2.97. The molecule has 0 bridgehead atoms. The van der Waals surface area contributed by atoms with E-state index in [1.807, 2.05) is 24.3 Å². The Morgan fingerprint density at radius 2 is 2.15 bits per heavy atom. The molecule has 1 aromatic carbocycles. The van der Waals surface area contributed by atoms with Crippen LogP contribution in [0.25, 0.3) is 0 Å². The van der Waals surface area contributed by atoms with Gasteiger partial charge in [0, 0.05) is 17.7 Å².